The van der Waals surface area contributed by atoms with Gasteiger partial charge in [0.15, 0.2) is 0 Å². The topological polar surface area (TPSA) is 77.4 Å². The Kier molecular flexibility index (Phi) is 4.03. The van der Waals surface area contributed by atoms with E-state index in [2.05, 4.69) is 15.0 Å². The molecule has 0 saturated carbocycles. The van der Waals surface area contributed by atoms with E-state index in [1.54, 1.807) is 11.3 Å². The van der Waals surface area contributed by atoms with Crippen molar-refractivity contribution in [1.82, 2.24) is 15.0 Å². The Hall–Kier alpha value is -2.25. The summed E-state index contributed by atoms with van der Waals surface area (Å²) in [5.41, 5.74) is 1.51. The van der Waals surface area contributed by atoms with E-state index < -0.39 is 0 Å². The van der Waals surface area contributed by atoms with Crippen molar-refractivity contribution in [3.8, 4) is 22.2 Å². The summed E-state index contributed by atoms with van der Waals surface area (Å²) in [5.74, 6) is 0.604. The predicted octanol–water partition coefficient (Wildman–Crippen LogP) is 3.33. The van der Waals surface area contributed by atoms with E-state index in [1.807, 2.05) is 25.3 Å². The molecule has 7 heteroatoms. The first-order valence-corrected chi connectivity index (χ1v) is 8.67. The van der Waals surface area contributed by atoms with E-state index in [4.69, 9.17) is 9.47 Å². The molecule has 1 aliphatic heterocycles. The summed E-state index contributed by atoms with van der Waals surface area (Å²) < 4.78 is 11.6. The number of rotatable bonds is 3. The predicted molar refractivity (Wildman–Crippen MR) is 91.5 cm³/mol. The normalized spacial score (nSPS) is 15.7. The maximum absolute atomic E-state index is 10.1. The van der Waals surface area contributed by atoms with Crippen LogP contribution >= 0.6 is 11.3 Å². The fourth-order valence-corrected chi connectivity index (χ4v) is 3.55. The van der Waals surface area contributed by atoms with Crippen LogP contribution in [0.15, 0.2) is 24.7 Å². The summed E-state index contributed by atoms with van der Waals surface area (Å²) >= 11 is 1.60. The molecule has 1 N–H and O–H groups in total. The van der Waals surface area contributed by atoms with E-state index in [1.165, 1.54) is 6.33 Å². The second-order valence-electron chi connectivity index (χ2n) is 5.77. The number of hydrogen-bond acceptors (Lipinski definition) is 7. The van der Waals surface area contributed by atoms with Crippen molar-refractivity contribution in [1.29, 1.82) is 0 Å². The lowest BCUT2D eigenvalue weighted by molar-refractivity contribution is 0.0261. The van der Waals surface area contributed by atoms with E-state index in [0.29, 0.717) is 29.9 Å². The summed E-state index contributed by atoms with van der Waals surface area (Å²) in [5, 5.41) is 11.6. The first kappa shape index (κ1) is 15.3. The molecular weight excluding hydrogens is 326 g/mol. The van der Waals surface area contributed by atoms with Gasteiger partial charge in [-0.2, -0.15) is 0 Å². The summed E-state index contributed by atoms with van der Waals surface area (Å²) in [6.07, 6.45) is 4.97. The molecule has 2 aromatic heterocycles. The minimum atomic E-state index is -0.0491. The fraction of sp³-hybridized carbons (Fsp3) is 0.353. The van der Waals surface area contributed by atoms with Gasteiger partial charge in [0, 0.05) is 29.5 Å². The van der Waals surface area contributed by atoms with Crippen molar-refractivity contribution in [2.75, 3.05) is 13.2 Å². The highest BCUT2D eigenvalue weighted by Crippen LogP contribution is 2.36. The van der Waals surface area contributed by atoms with Gasteiger partial charge < -0.3 is 14.6 Å². The molecule has 1 fully saturated rings. The van der Waals surface area contributed by atoms with Crippen molar-refractivity contribution in [3.63, 3.8) is 0 Å². The van der Waals surface area contributed by atoms with Crippen LogP contribution in [0.2, 0.25) is 0 Å². The second-order valence-corrected chi connectivity index (χ2v) is 7.01. The number of ether oxygens (including phenoxy) is 2. The molecule has 1 aromatic carbocycles. The zero-order chi connectivity index (χ0) is 16.5. The van der Waals surface area contributed by atoms with Crippen LogP contribution in [-0.2, 0) is 4.74 Å². The Morgan fingerprint density at radius 3 is 2.79 bits per heavy atom. The van der Waals surface area contributed by atoms with Gasteiger partial charge in [-0.25, -0.2) is 15.0 Å². The zero-order valence-corrected chi connectivity index (χ0v) is 14.0. The molecule has 3 aromatic rings. The second kappa shape index (κ2) is 6.33. The van der Waals surface area contributed by atoms with Gasteiger partial charge in [0.2, 0.25) is 5.88 Å². The molecule has 0 bridgehead atoms. The minimum Gasteiger partial charge on any atom is -0.493 e. The van der Waals surface area contributed by atoms with Crippen molar-refractivity contribution >= 4 is 22.2 Å². The molecule has 24 heavy (non-hydrogen) atoms. The van der Waals surface area contributed by atoms with Gasteiger partial charge in [-0.3, -0.25) is 0 Å². The third-order valence-corrected chi connectivity index (χ3v) is 4.97. The summed E-state index contributed by atoms with van der Waals surface area (Å²) in [7, 11) is 0. The smallest absolute Gasteiger partial charge is 0.222 e. The van der Waals surface area contributed by atoms with Crippen LogP contribution in [0.5, 0.6) is 11.6 Å². The van der Waals surface area contributed by atoms with Crippen molar-refractivity contribution in [3.05, 3.63) is 29.5 Å². The maximum Gasteiger partial charge on any atom is 0.222 e. The quantitative estimate of drug-likeness (QED) is 0.786. The molecule has 124 valence electrons. The molecule has 4 rings (SSSR count). The number of benzene rings is 1. The molecule has 1 aliphatic rings. The molecule has 0 amide bonds. The highest BCUT2D eigenvalue weighted by atomic mass is 32.1. The van der Waals surface area contributed by atoms with Gasteiger partial charge in [-0.15, -0.1) is 11.3 Å². The van der Waals surface area contributed by atoms with Crippen molar-refractivity contribution in [2.45, 2.75) is 25.9 Å². The minimum absolute atomic E-state index is 0.0491. The van der Waals surface area contributed by atoms with Gasteiger partial charge in [0.1, 0.15) is 28.7 Å². The van der Waals surface area contributed by atoms with Crippen LogP contribution < -0.4 is 4.74 Å². The Labute approximate surface area is 143 Å². The van der Waals surface area contributed by atoms with Crippen LogP contribution in [-0.4, -0.2) is 39.4 Å². The molecule has 0 spiro atoms. The zero-order valence-electron chi connectivity index (χ0n) is 13.2. The largest absolute Gasteiger partial charge is 0.493 e. The summed E-state index contributed by atoms with van der Waals surface area (Å²) in [6, 6.07) is 3.81. The Balaban J connectivity index is 1.81. The maximum atomic E-state index is 10.1. The third-order valence-electron chi connectivity index (χ3n) is 4.01. The van der Waals surface area contributed by atoms with Gasteiger partial charge in [-0.1, -0.05) is 0 Å². The first-order valence-electron chi connectivity index (χ1n) is 7.85. The van der Waals surface area contributed by atoms with Gasteiger partial charge >= 0.3 is 0 Å². The Morgan fingerprint density at radius 2 is 2.04 bits per heavy atom. The molecule has 6 nitrogen and oxygen atoms in total. The van der Waals surface area contributed by atoms with Crippen molar-refractivity contribution < 1.29 is 14.6 Å². The lowest BCUT2D eigenvalue weighted by atomic mass is 10.1. The number of fused-ring (bicyclic) bond motifs is 1. The number of thiazole rings is 1. The molecule has 0 atom stereocenters. The summed E-state index contributed by atoms with van der Waals surface area (Å²) in [6.45, 7) is 3.42. The summed E-state index contributed by atoms with van der Waals surface area (Å²) in [4.78, 5) is 13.8. The van der Waals surface area contributed by atoms with E-state index in [9.17, 15) is 5.11 Å². The molecule has 0 radical (unpaired) electrons. The van der Waals surface area contributed by atoms with Gasteiger partial charge in [-0.05, 0) is 19.1 Å². The Bertz CT molecular complexity index is 875. The molecule has 0 unspecified atom stereocenters. The van der Waals surface area contributed by atoms with Crippen LogP contribution in [0.1, 0.15) is 17.7 Å². The highest BCUT2D eigenvalue weighted by Gasteiger charge is 2.19. The van der Waals surface area contributed by atoms with E-state index in [0.717, 1.165) is 28.3 Å². The van der Waals surface area contributed by atoms with E-state index in [-0.39, 0.29) is 12.0 Å². The fourth-order valence-electron chi connectivity index (χ4n) is 2.80. The average Bonchev–Trinajstić information content (AvgIpc) is 3.03. The standard InChI is InChI=1S/C17H17N3O3S/c1-10-8-18-17(24-10)11-6-13-15(19-9-20-16(13)21)14(7-11)23-12-2-4-22-5-3-12/h6-9,12H,2-5H2,1H3,(H,19,20,21). The lowest BCUT2D eigenvalue weighted by Crippen LogP contribution is -2.26. The molecule has 3 heterocycles. The molecule has 1 saturated heterocycles. The molecular formula is C17H17N3O3S. The monoisotopic (exact) mass is 343 g/mol. The van der Waals surface area contributed by atoms with Crippen LogP contribution in [0.25, 0.3) is 21.5 Å². The number of aromatic hydroxyl groups is 1. The number of nitrogens with zero attached hydrogens (tertiary/aromatic N) is 3. The SMILES string of the molecule is Cc1cnc(-c2cc(OC3CCOCC3)c3ncnc(O)c3c2)s1. The number of aryl methyl sites for hydroxylation is 1. The Morgan fingerprint density at radius 1 is 1.21 bits per heavy atom. The van der Waals surface area contributed by atoms with Gasteiger partial charge in [0.25, 0.3) is 0 Å². The van der Waals surface area contributed by atoms with Crippen molar-refractivity contribution in [2.24, 2.45) is 0 Å². The molecule has 0 aliphatic carbocycles. The lowest BCUT2D eigenvalue weighted by Gasteiger charge is -2.24. The first-order chi connectivity index (χ1) is 11.7. The number of hydrogen-bond donors (Lipinski definition) is 1. The number of aromatic nitrogens is 3. The highest BCUT2D eigenvalue weighted by molar-refractivity contribution is 7.14. The van der Waals surface area contributed by atoms with Crippen LogP contribution in [0.4, 0.5) is 0 Å². The van der Waals surface area contributed by atoms with Crippen LogP contribution in [0, 0.1) is 6.92 Å². The van der Waals surface area contributed by atoms with Crippen LogP contribution in [0.3, 0.4) is 0 Å². The van der Waals surface area contributed by atoms with Gasteiger partial charge in [0.05, 0.1) is 18.6 Å². The van der Waals surface area contributed by atoms with E-state index >= 15 is 0 Å². The third kappa shape index (κ3) is 2.92. The average molecular weight is 343 g/mol.